The summed E-state index contributed by atoms with van der Waals surface area (Å²) in [6.45, 7) is 2.30. The molecule has 40 heavy (non-hydrogen) atoms. The third-order valence-electron chi connectivity index (χ3n) is 8.98. The first-order valence-corrected chi connectivity index (χ1v) is 16.7. The SMILES string of the molecule is CCCCCCCCCCCCCCCCc1ccc(C2C=CC(C3C=CC(c4ccccc4)C=C3)C=C2)cc1. The summed E-state index contributed by atoms with van der Waals surface area (Å²) >= 11 is 0. The Morgan fingerprint density at radius 1 is 0.400 bits per heavy atom. The van der Waals surface area contributed by atoms with Crippen LogP contribution in [0.1, 0.15) is 125 Å². The molecule has 2 aromatic rings. The van der Waals surface area contributed by atoms with Crippen LogP contribution in [-0.4, -0.2) is 0 Å². The van der Waals surface area contributed by atoms with E-state index in [2.05, 4.69) is 110 Å². The molecule has 0 bridgehead atoms. The largest absolute Gasteiger partial charge is 0.0798 e. The van der Waals surface area contributed by atoms with Crippen LogP contribution in [-0.2, 0) is 6.42 Å². The van der Waals surface area contributed by atoms with Crippen molar-refractivity contribution < 1.29 is 0 Å². The summed E-state index contributed by atoms with van der Waals surface area (Å²) in [5, 5.41) is 0. The summed E-state index contributed by atoms with van der Waals surface area (Å²) in [4.78, 5) is 0. The minimum Gasteiger partial charge on any atom is -0.0798 e. The molecule has 0 unspecified atom stereocenters. The number of hydrogen-bond acceptors (Lipinski definition) is 0. The minimum absolute atomic E-state index is 0.403. The zero-order valence-electron chi connectivity index (χ0n) is 25.2. The molecule has 0 N–H and O–H groups in total. The highest BCUT2D eigenvalue weighted by Crippen LogP contribution is 2.33. The fraction of sp³-hybridized carbons (Fsp3) is 0.500. The topological polar surface area (TPSA) is 0 Å². The van der Waals surface area contributed by atoms with Gasteiger partial charge in [0.05, 0.1) is 0 Å². The minimum atomic E-state index is 0.403. The Bertz CT molecular complexity index is 1020. The molecule has 0 nitrogen and oxygen atoms in total. The van der Waals surface area contributed by atoms with Gasteiger partial charge in [-0.2, -0.15) is 0 Å². The van der Waals surface area contributed by atoms with Gasteiger partial charge in [-0.05, 0) is 29.5 Å². The highest BCUT2D eigenvalue weighted by Gasteiger charge is 2.19. The second-order valence-corrected chi connectivity index (χ2v) is 12.2. The third-order valence-corrected chi connectivity index (χ3v) is 8.98. The van der Waals surface area contributed by atoms with Crippen LogP contribution in [0, 0.1) is 11.8 Å². The van der Waals surface area contributed by atoms with Crippen LogP contribution < -0.4 is 0 Å². The Morgan fingerprint density at radius 3 is 1.25 bits per heavy atom. The molecule has 0 spiro atoms. The monoisotopic (exact) mass is 534 g/mol. The summed E-state index contributed by atoms with van der Waals surface area (Å²) < 4.78 is 0. The van der Waals surface area contributed by atoms with Crippen LogP contribution in [0.2, 0.25) is 0 Å². The van der Waals surface area contributed by atoms with E-state index in [9.17, 15) is 0 Å². The van der Waals surface area contributed by atoms with Crippen molar-refractivity contribution in [3.05, 3.63) is 120 Å². The molecule has 2 aromatic carbocycles. The molecule has 4 rings (SSSR count). The number of unbranched alkanes of at least 4 members (excludes halogenated alkanes) is 13. The van der Waals surface area contributed by atoms with E-state index in [1.165, 1.54) is 113 Å². The van der Waals surface area contributed by atoms with Crippen LogP contribution in [0.4, 0.5) is 0 Å². The predicted octanol–water partition coefficient (Wildman–Crippen LogP) is 12.1. The van der Waals surface area contributed by atoms with Crippen molar-refractivity contribution in [1.82, 2.24) is 0 Å². The maximum absolute atomic E-state index is 2.41. The lowest BCUT2D eigenvalue weighted by atomic mass is 9.80. The molecule has 2 aliphatic carbocycles. The van der Waals surface area contributed by atoms with Gasteiger partial charge in [-0.3, -0.25) is 0 Å². The summed E-state index contributed by atoms with van der Waals surface area (Å²) in [6.07, 6.45) is 40.3. The standard InChI is InChI=1S/C40H54/c1-2-3-4-5-6-7-8-9-10-11-12-13-14-16-19-34-22-24-36(25-23-34)38-30-32-40(33-31-38)39-28-26-37(27-29-39)35-20-17-15-18-21-35/h15,17-18,20-33,37-40H,2-14,16,19H2,1H3. The van der Waals surface area contributed by atoms with E-state index in [4.69, 9.17) is 0 Å². The number of aryl methyl sites for hydroxylation is 1. The second-order valence-electron chi connectivity index (χ2n) is 12.2. The molecule has 0 radical (unpaired) electrons. The van der Waals surface area contributed by atoms with Crippen molar-refractivity contribution in [2.75, 3.05) is 0 Å². The lowest BCUT2D eigenvalue weighted by molar-refractivity contribution is 0.535. The van der Waals surface area contributed by atoms with E-state index in [1.54, 1.807) is 0 Å². The lowest BCUT2D eigenvalue weighted by Crippen LogP contribution is -2.12. The first-order valence-electron chi connectivity index (χ1n) is 16.7. The maximum atomic E-state index is 2.41. The average molecular weight is 535 g/mol. The van der Waals surface area contributed by atoms with Crippen LogP contribution in [0.5, 0.6) is 0 Å². The number of hydrogen-bond donors (Lipinski definition) is 0. The van der Waals surface area contributed by atoms with Gasteiger partial charge in [0.1, 0.15) is 0 Å². The van der Waals surface area contributed by atoms with Crippen LogP contribution >= 0.6 is 0 Å². The Morgan fingerprint density at radius 2 is 0.800 bits per heavy atom. The van der Waals surface area contributed by atoms with E-state index in [1.807, 2.05) is 0 Å². The van der Waals surface area contributed by atoms with E-state index in [0.29, 0.717) is 23.7 Å². The zero-order chi connectivity index (χ0) is 27.7. The molecular formula is C40H54. The van der Waals surface area contributed by atoms with E-state index in [-0.39, 0.29) is 0 Å². The first-order chi connectivity index (χ1) is 19.8. The third kappa shape index (κ3) is 10.4. The molecule has 0 heteroatoms. The molecule has 0 amide bonds. The Balaban J connectivity index is 1.06. The van der Waals surface area contributed by atoms with Gasteiger partial charge in [-0.15, -0.1) is 0 Å². The van der Waals surface area contributed by atoms with Crippen LogP contribution in [0.15, 0.2) is 103 Å². The van der Waals surface area contributed by atoms with Crippen molar-refractivity contribution in [2.45, 2.75) is 115 Å². The summed E-state index contributed by atoms with van der Waals surface area (Å²) in [7, 11) is 0. The summed E-state index contributed by atoms with van der Waals surface area (Å²) in [6, 6.07) is 20.2. The Labute approximate surface area is 246 Å². The van der Waals surface area contributed by atoms with Gasteiger partial charge >= 0.3 is 0 Å². The van der Waals surface area contributed by atoms with Crippen molar-refractivity contribution in [3.8, 4) is 0 Å². The quantitative estimate of drug-likeness (QED) is 0.132. The molecule has 214 valence electrons. The highest BCUT2D eigenvalue weighted by atomic mass is 14.2. The molecule has 0 fully saturated rings. The number of benzene rings is 2. The molecular weight excluding hydrogens is 480 g/mol. The molecule has 0 heterocycles. The van der Waals surface area contributed by atoms with E-state index < -0.39 is 0 Å². The van der Waals surface area contributed by atoms with E-state index in [0.717, 1.165) is 0 Å². The van der Waals surface area contributed by atoms with Gasteiger partial charge in [0.25, 0.3) is 0 Å². The van der Waals surface area contributed by atoms with Gasteiger partial charge in [0.2, 0.25) is 0 Å². The molecule has 0 saturated heterocycles. The van der Waals surface area contributed by atoms with Gasteiger partial charge in [-0.1, -0.05) is 194 Å². The molecule has 2 aliphatic rings. The fourth-order valence-corrected chi connectivity index (χ4v) is 6.31. The summed E-state index contributed by atoms with van der Waals surface area (Å²) in [5.74, 6) is 1.73. The smallest absolute Gasteiger partial charge is 0.0199 e. The molecule has 0 aliphatic heterocycles. The van der Waals surface area contributed by atoms with Crippen molar-refractivity contribution in [1.29, 1.82) is 0 Å². The zero-order valence-corrected chi connectivity index (χ0v) is 25.2. The van der Waals surface area contributed by atoms with E-state index >= 15 is 0 Å². The molecule has 0 aromatic heterocycles. The Kier molecular flexibility index (Phi) is 13.6. The van der Waals surface area contributed by atoms with Crippen LogP contribution in [0.25, 0.3) is 0 Å². The second kappa shape index (κ2) is 18.0. The summed E-state index contributed by atoms with van der Waals surface area (Å²) in [5.41, 5.74) is 4.28. The number of allylic oxidation sites excluding steroid dienone is 8. The fourth-order valence-electron chi connectivity index (χ4n) is 6.31. The van der Waals surface area contributed by atoms with Crippen LogP contribution in [0.3, 0.4) is 0 Å². The van der Waals surface area contributed by atoms with Gasteiger partial charge < -0.3 is 0 Å². The maximum Gasteiger partial charge on any atom is 0.0199 e. The van der Waals surface area contributed by atoms with Crippen molar-refractivity contribution in [2.24, 2.45) is 11.8 Å². The predicted molar refractivity (Wildman–Crippen MR) is 176 cm³/mol. The van der Waals surface area contributed by atoms with Gasteiger partial charge in [-0.25, -0.2) is 0 Å². The number of rotatable bonds is 18. The normalized spacial score (nSPS) is 21.7. The molecule has 0 saturated carbocycles. The lowest BCUT2D eigenvalue weighted by Gasteiger charge is -2.24. The van der Waals surface area contributed by atoms with Crippen molar-refractivity contribution in [3.63, 3.8) is 0 Å². The first kappa shape index (κ1) is 30.4. The highest BCUT2D eigenvalue weighted by molar-refractivity contribution is 5.37. The Hall–Kier alpha value is -2.60. The molecule has 0 atom stereocenters. The van der Waals surface area contributed by atoms with Gasteiger partial charge in [0, 0.05) is 23.7 Å². The van der Waals surface area contributed by atoms with Gasteiger partial charge in [0.15, 0.2) is 0 Å². The average Bonchev–Trinajstić information content (AvgIpc) is 3.02. The van der Waals surface area contributed by atoms with Crippen molar-refractivity contribution >= 4 is 0 Å².